The van der Waals surface area contributed by atoms with E-state index in [0.717, 1.165) is 6.07 Å². The van der Waals surface area contributed by atoms with Crippen molar-refractivity contribution < 1.29 is 22.0 Å². The van der Waals surface area contributed by atoms with Crippen molar-refractivity contribution in [1.82, 2.24) is 9.97 Å². The van der Waals surface area contributed by atoms with Crippen molar-refractivity contribution in [3.63, 3.8) is 0 Å². The first kappa shape index (κ1) is 12.4. The predicted molar refractivity (Wildman–Crippen MR) is 52.4 cm³/mol. The summed E-state index contributed by atoms with van der Waals surface area (Å²) in [7, 11) is 0. The second kappa shape index (κ2) is 4.32. The Morgan fingerprint density at radius 2 is 1.56 bits per heavy atom. The van der Waals surface area contributed by atoms with Gasteiger partial charge in [0.15, 0.2) is 5.82 Å². The highest BCUT2D eigenvalue weighted by Gasteiger charge is 2.39. The van der Waals surface area contributed by atoms with Crippen molar-refractivity contribution in [3.05, 3.63) is 47.8 Å². The van der Waals surface area contributed by atoms with Crippen LogP contribution in [0, 0.1) is 11.6 Å². The lowest BCUT2D eigenvalue weighted by Gasteiger charge is -2.11. The van der Waals surface area contributed by atoms with E-state index < -0.39 is 28.9 Å². The maximum atomic E-state index is 13.7. The summed E-state index contributed by atoms with van der Waals surface area (Å²) in [6.07, 6.45) is -2.62. The molecule has 1 heterocycles. The monoisotopic (exact) mass is 260 g/mol. The minimum Gasteiger partial charge on any atom is -0.236 e. The maximum Gasteiger partial charge on any atom is 0.422 e. The van der Waals surface area contributed by atoms with Crippen LogP contribution in [-0.4, -0.2) is 9.97 Å². The number of nitrogens with zero attached hydrogens (tertiary/aromatic N) is 2. The van der Waals surface area contributed by atoms with Gasteiger partial charge in [-0.05, 0) is 18.2 Å². The van der Waals surface area contributed by atoms with Gasteiger partial charge in [-0.1, -0.05) is 0 Å². The van der Waals surface area contributed by atoms with Crippen LogP contribution in [0.25, 0.3) is 11.4 Å². The molecule has 2 rings (SSSR count). The third-order valence-corrected chi connectivity index (χ3v) is 2.18. The Morgan fingerprint density at radius 3 is 2.11 bits per heavy atom. The Bertz CT molecular complexity index is 566. The van der Waals surface area contributed by atoms with E-state index in [0.29, 0.717) is 6.07 Å². The van der Waals surface area contributed by atoms with E-state index in [-0.39, 0.29) is 5.82 Å². The summed E-state index contributed by atoms with van der Waals surface area (Å²) in [6, 6.07) is 2.84. The van der Waals surface area contributed by atoms with Crippen LogP contribution in [0.5, 0.6) is 0 Å². The van der Waals surface area contributed by atoms with Gasteiger partial charge < -0.3 is 0 Å². The maximum absolute atomic E-state index is 13.7. The van der Waals surface area contributed by atoms with Gasteiger partial charge in [0.25, 0.3) is 0 Å². The fraction of sp³-hybridized carbons (Fsp3) is 0.0909. The molecule has 1 aromatic carbocycles. The van der Waals surface area contributed by atoms with E-state index in [1.807, 2.05) is 0 Å². The number of hydrogen-bond donors (Lipinski definition) is 0. The lowest BCUT2D eigenvalue weighted by Crippen LogP contribution is -2.12. The molecule has 0 N–H and O–H groups in total. The molecule has 7 heteroatoms. The number of alkyl halides is 3. The molecule has 94 valence electrons. The van der Waals surface area contributed by atoms with Gasteiger partial charge in [-0.2, -0.15) is 13.2 Å². The molecule has 2 aromatic rings. The Kier molecular flexibility index (Phi) is 2.98. The molecule has 0 unspecified atom stereocenters. The molecule has 0 atom stereocenters. The number of benzene rings is 1. The normalized spacial score (nSPS) is 11.6. The van der Waals surface area contributed by atoms with Crippen molar-refractivity contribution in [3.8, 4) is 11.4 Å². The molecule has 0 amide bonds. The molecular formula is C11H5F5N2. The highest BCUT2D eigenvalue weighted by molar-refractivity contribution is 5.57. The van der Waals surface area contributed by atoms with Gasteiger partial charge in [-0.3, -0.25) is 0 Å². The Hall–Kier alpha value is -2.05. The molecule has 0 saturated carbocycles. The van der Waals surface area contributed by atoms with Crippen molar-refractivity contribution in [2.24, 2.45) is 0 Å². The van der Waals surface area contributed by atoms with Crippen LogP contribution in [0.3, 0.4) is 0 Å². The molecule has 2 nitrogen and oxygen atoms in total. The minimum atomic E-state index is -5.11. The van der Waals surface area contributed by atoms with Gasteiger partial charge in [0.2, 0.25) is 0 Å². The summed E-state index contributed by atoms with van der Waals surface area (Å²) >= 11 is 0. The van der Waals surface area contributed by atoms with Crippen LogP contribution >= 0.6 is 0 Å². The molecule has 0 aliphatic rings. The van der Waals surface area contributed by atoms with Crippen molar-refractivity contribution >= 4 is 0 Å². The average Bonchev–Trinajstić information content (AvgIpc) is 2.28. The molecule has 0 radical (unpaired) electrons. The van der Waals surface area contributed by atoms with E-state index in [2.05, 4.69) is 9.97 Å². The first-order chi connectivity index (χ1) is 8.41. The minimum absolute atomic E-state index is 0.236. The van der Waals surface area contributed by atoms with E-state index >= 15 is 0 Å². The average molecular weight is 260 g/mol. The number of rotatable bonds is 1. The Morgan fingerprint density at radius 1 is 0.944 bits per heavy atom. The first-order valence-electron chi connectivity index (χ1n) is 4.74. The zero-order chi connectivity index (χ0) is 13.3. The fourth-order valence-corrected chi connectivity index (χ4v) is 1.42. The van der Waals surface area contributed by atoms with E-state index in [9.17, 15) is 22.0 Å². The summed E-state index contributed by atoms with van der Waals surface area (Å²) in [4.78, 5) is 7.24. The van der Waals surface area contributed by atoms with Crippen molar-refractivity contribution in [1.29, 1.82) is 0 Å². The zero-order valence-electron chi connectivity index (χ0n) is 8.67. The summed E-state index contributed by atoms with van der Waals surface area (Å²) in [5, 5.41) is 0. The quantitative estimate of drug-likeness (QED) is 0.734. The van der Waals surface area contributed by atoms with Gasteiger partial charge in [0.1, 0.15) is 17.2 Å². The molecule has 0 fully saturated rings. The second-order valence-electron chi connectivity index (χ2n) is 3.35. The van der Waals surface area contributed by atoms with Gasteiger partial charge in [-0.15, -0.1) is 0 Å². The molecule has 0 saturated heterocycles. The van der Waals surface area contributed by atoms with Crippen LogP contribution in [0.2, 0.25) is 0 Å². The lowest BCUT2D eigenvalue weighted by molar-refractivity contribution is -0.142. The topological polar surface area (TPSA) is 25.8 Å². The molecule has 0 bridgehead atoms. The molecule has 0 aliphatic carbocycles. The predicted octanol–water partition coefficient (Wildman–Crippen LogP) is 3.44. The third kappa shape index (κ3) is 2.15. The standard InChI is InChI=1S/C11H5F5N2/c12-7-3-2-6(10-17-4-1-5-18-10)9(13)8(7)11(14,15)16/h1-5H. The molecular weight excluding hydrogens is 255 g/mol. The van der Waals surface area contributed by atoms with Crippen LogP contribution in [0.4, 0.5) is 22.0 Å². The lowest BCUT2D eigenvalue weighted by atomic mass is 10.1. The number of aromatic nitrogens is 2. The summed E-state index contributed by atoms with van der Waals surface area (Å²) in [5.41, 5.74) is -2.43. The Balaban J connectivity index is 2.66. The van der Waals surface area contributed by atoms with E-state index in [1.165, 1.54) is 18.5 Å². The fourth-order valence-electron chi connectivity index (χ4n) is 1.42. The van der Waals surface area contributed by atoms with Crippen LogP contribution in [-0.2, 0) is 6.18 Å². The molecule has 1 aromatic heterocycles. The van der Waals surface area contributed by atoms with Crippen molar-refractivity contribution in [2.75, 3.05) is 0 Å². The highest BCUT2D eigenvalue weighted by atomic mass is 19.4. The van der Waals surface area contributed by atoms with Gasteiger partial charge in [0, 0.05) is 12.4 Å². The summed E-state index contributed by atoms with van der Waals surface area (Å²) in [6.45, 7) is 0. The molecule has 18 heavy (non-hydrogen) atoms. The summed E-state index contributed by atoms with van der Waals surface area (Å²) in [5.74, 6) is -3.62. The van der Waals surface area contributed by atoms with E-state index in [1.54, 1.807) is 0 Å². The van der Waals surface area contributed by atoms with Crippen LogP contribution in [0.1, 0.15) is 5.56 Å². The van der Waals surface area contributed by atoms with Gasteiger partial charge >= 0.3 is 6.18 Å². The van der Waals surface area contributed by atoms with Crippen LogP contribution < -0.4 is 0 Å². The smallest absolute Gasteiger partial charge is 0.236 e. The van der Waals surface area contributed by atoms with E-state index in [4.69, 9.17) is 0 Å². The van der Waals surface area contributed by atoms with Gasteiger partial charge in [-0.25, -0.2) is 18.7 Å². The van der Waals surface area contributed by atoms with Crippen molar-refractivity contribution in [2.45, 2.75) is 6.18 Å². The number of halogens is 5. The van der Waals surface area contributed by atoms with Crippen LogP contribution in [0.15, 0.2) is 30.6 Å². The molecule has 0 spiro atoms. The SMILES string of the molecule is Fc1ccc(-c2ncccn2)c(F)c1C(F)(F)F. The largest absolute Gasteiger partial charge is 0.422 e. The zero-order valence-corrected chi connectivity index (χ0v) is 8.67. The number of hydrogen-bond acceptors (Lipinski definition) is 2. The third-order valence-electron chi connectivity index (χ3n) is 2.18. The second-order valence-corrected chi connectivity index (χ2v) is 3.35. The Labute approximate surface area is 98.1 Å². The van der Waals surface area contributed by atoms with Gasteiger partial charge in [0.05, 0.1) is 5.56 Å². The first-order valence-corrected chi connectivity index (χ1v) is 4.74. The highest BCUT2D eigenvalue weighted by Crippen LogP contribution is 2.36. The molecule has 0 aliphatic heterocycles. The summed E-state index contributed by atoms with van der Waals surface area (Å²) < 4.78 is 64.2.